The Balaban J connectivity index is 0. The van der Waals surface area contributed by atoms with E-state index in [0.717, 1.165) is 0 Å². The van der Waals surface area contributed by atoms with Crippen molar-refractivity contribution in [1.29, 1.82) is 0 Å². The zero-order valence-electron chi connectivity index (χ0n) is 10.9. The first-order chi connectivity index (χ1) is 7.86. The van der Waals surface area contributed by atoms with Gasteiger partial charge in [0.25, 0.3) is 10.1 Å². The molecular formula is C7H14NNaO8S2. The van der Waals surface area contributed by atoms with Crippen molar-refractivity contribution in [1.82, 2.24) is 0 Å². The SMILES string of the molecule is CC(C)(COS(=O)(=O)CCCS(=O)(=O)[O-])[N+](=O)[O-].[Na+]. The molecule has 0 atom stereocenters. The maximum absolute atomic E-state index is 11.2. The van der Waals surface area contributed by atoms with Crippen molar-refractivity contribution in [3.8, 4) is 0 Å². The van der Waals surface area contributed by atoms with Gasteiger partial charge >= 0.3 is 29.6 Å². The molecule has 0 aliphatic carbocycles. The molecule has 0 aromatic carbocycles. The molecule has 0 N–H and O–H groups in total. The summed E-state index contributed by atoms with van der Waals surface area (Å²) in [5, 5.41) is 10.5. The van der Waals surface area contributed by atoms with Crippen LogP contribution in [0.5, 0.6) is 0 Å². The van der Waals surface area contributed by atoms with Crippen molar-refractivity contribution >= 4 is 20.2 Å². The Morgan fingerprint density at radius 3 is 2.00 bits per heavy atom. The summed E-state index contributed by atoms with van der Waals surface area (Å²) in [5.74, 6) is -1.50. The second-order valence-corrected chi connectivity index (χ2v) is 7.49. The fourth-order valence-corrected chi connectivity index (χ4v) is 2.52. The van der Waals surface area contributed by atoms with Crippen molar-refractivity contribution in [2.24, 2.45) is 0 Å². The van der Waals surface area contributed by atoms with E-state index in [1.165, 1.54) is 13.8 Å². The van der Waals surface area contributed by atoms with E-state index >= 15 is 0 Å². The van der Waals surface area contributed by atoms with E-state index in [4.69, 9.17) is 0 Å². The number of hydrogen-bond acceptors (Lipinski definition) is 8. The maximum Gasteiger partial charge on any atom is 1.00 e. The molecule has 0 rings (SSSR count). The monoisotopic (exact) mass is 327 g/mol. The molecule has 0 aromatic rings. The van der Waals surface area contributed by atoms with Gasteiger partial charge in [-0.25, -0.2) is 8.42 Å². The molecule has 0 aromatic heterocycles. The normalized spacial score (nSPS) is 12.8. The first-order valence-electron chi connectivity index (χ1n) is 4.81. The fraction of sp³-hybridized carbons (Fsp3) is 1.00. The molecule has 0 unspecified atom stereocenters. The van der Waals surface area contributed by atoms with Crippen LogP contribution in [0.25, 0.3) is 0 Å². The van der Waals surface area contributed by atoms with E-state index in [1.54, 1.807) is 0 Å². The molecule has 0 aliphatic rings. The molecule has 0 saturated heterocycles. The summed E-state index contributed by atoms with van der Waals surface area (Å²) in [6, 6.07) is 0. The van der Waals surface area contributed by atoms with Gasteiger partial charge in [0.15, 0.2) is 0 Å². The molecular weight excluding hydrogens is 313 g/mol. The number of hydrogen-bond donors (Lipinski definition) is 0. The van der Waals surface area contributed by atoms with Crippen LogP contribution in [0, 0.1) is 10.1 Å². The van der Waals surface area contributed by atoms with Gasteiger partial charge in [-0.3, -0.25) is 14.3 Å². The summed E-state index contributed by atoms with van der Waals surface area (Å²) in [6.45, 7) is 1.71. The Hall–Kier alpha value is 0.220. The predicted octanol–water partition coefficient (Wildman–Crippen LogP) is -3.67. The standard InChI is InChI=1S/C7H15NO8S2.Na/c1-7(2,8(9)10)6-16-18(14,15)5-3-4-17(11,12)13;/h3-6H2,1-2H3,(H,11,12,13);/q;+1/p-1. The minimum Gasteiger partial charge on any atom is -0.748 e. The summed E-state index contributed by atoms with van der Waals surface area (Å²) in [6.07, 6.45) is -0.410. The minimum absolute atomic E-state index is 0. The quantitative estimate of drug-likeness (QED) is 0.146. The zero-order chi connectivity index (χ0) is 14.6. The average molecular weight is 327 g/mol. The van der Waals surface area contributed by atoms with Gasteiger partial charge in [-0.1, -0.05) is 0 Å². The summed E-state index contributed by atoms with van der Waals surface area (Å²) < 4.78 is 57.6. The molecule has 0 fully saturated rings. The Morgan fingerprint density at radius 1 is 1.16 bits per heavy atom. The van der Waals surface area contributed by atoms with Crippen LogP contribution >= 0.6 is 0 Å². The van der Waals surface area contributed by atoms with Gasteiger partial charge in [0.2, 0.25) is 5.54 Å². The summed E-state index contributed by atoms with van der Waals surface area (Å²) in [5.41, 5.74) is -1.57. The van der Waals surface area contributed by atoms with E-state index in [-0.39, 0.29) is 29.6 Å². The summed E-state index contributed by atoms with van der Waals surface area (Å²) in [4.78, 5) is 9.80. The van der Waals surface area contributed by atoms with Crippen molar-refractivity contribution in [2.45, 2.75) is 25.8 Å². The molecule has 0 bridgehead atoms. The van der Waals surface area contributed by atoms with Gasteiger partial charge in [0.1, 0.15) is 6.61 Å². The van der Waals surface area contributed by atoms with Gasteiger partial charge in [-0.15, -0.1) is 0 Å². The third-order valence-electron chi connectivity index (χ3n) is 1.87. The Kier molecular flexibility index (Phi) is 8.90. The second kappa shape index (κ2) is 7.86. The van der Waals surface area contributed by atoms with Crippen molar-refractivity contribution in [3.63, 3.8) is 0 Å². The van der Waals surface area contributed by atoms with Crippen molar-refractivity contribution in [2.75, 3.05) is 18.1 Å². The minimum atomic E-state index is -4.48. The van der Waals surface area contributed by atoms with Gasteiger partial charge in [-0.05, 0) is 6.42 Å². The zero-order valence-corrected chi connectivity index (χ0v) is 14.5. The topological polar surface area (TPSA) is 144 Å². The van der Waals surface area contributed by atoms with E-state index in [9.17, 15) is 31.5 Å². The molecule has 0 spiro atoms. The smallest absolute Gasteiger partial charge is 0.748 e. The molecule has 0 heterocycles. The Bertz CT molecular complexity index is 497. The van der Waals surface area contributed by atoms with Crippen LogP contribution < -0.4 is 29.6 Å². The Labute approximate surface area is 134 Å². The van der Waals surface area contributed by atoms with E-state index < -0.39 is 55.2 Å². The van der Waals surface area contributed by atoms with Crippen LogP contribution in [-0.4, -0.2) is 50.0 Å². The van der Waals surface area contributed by atoms with Crippen LogP contribution in [0.1, 0.15) is 20.3 Å². The van der Waals surface area contributed by atoms with Crippen LogP contribution in [0.2, 0.25) is 0 Å². The van der Waals surface area contributed by atoms with E-state index in [2.05, 4.69) is 4.18 Å². The third-order valence-corrected chi connectivity index (χ3v) is 3.93. The fourth-order valence-electron chi connectivity index (χ4n) is 0.758. The summed E-state index contributed by atoms with van der Waals surface area (Å²) >= 11 is 0. The third kappa shape index (κ3) is 10.6. The number of rotatable bonds is 8. The summed E-state index contributed by atoms with van der Waals surface area (Å²) in [7, 11) is -8.56. The van der Waals surface area contributed by atoms with Gasteiger partial charge in [0, 0.05) is 24.5 Å². The van der Waals surface area contributed by atoms with E-state index in [0.29, 0.717) is 0 Å². The van der Waals surface area contributed by atoms with Crippen molar-refractivity contribution < 1.29 is 60.1 Å². The molecule has 0 radical (unpaired) electrons. The van der Waals surface area contributed by atoms with Crippen LogP contribution in [0.3, 0.4) is 0 Å². The molecule has 108 valence electrons. The molecule has 0 aliphatic heterocycles. The van der Waals surface area contributed by atoms with Crippen molar-refractivity contribution in [3.05, 3.63) is 10.1 Å². The second-order valence-electron chi connectivity index (χ2n) is 4.21. The van der Waals surface area contributed by atoms with Gasteiger partial charge < -0.3 is 4.55 Å². The van der Waals surface area contributed by atoms with E-state index in [1.807, 2.05) is 0 Å². The molecule has 9 nitrogen and oxygen atoms in total. The predicted molar refractivity (Wildman–Crippen MR) is 60.0 cm³/mol. The van der Waals surface area contributed by atoms with Crippen LogP contribution in [0.4, 0.5) is 0 Å². The Morgan fingerprint density at radius 2 is 1.63 bits per heavy atom. The molecule has 0 saturated carbocycles. The largest absolute Gasteiger partial charge is 1.00 e. The number of nitro groups is 1. The molecule has 19 heavy (non-hydrogen) atoms. The van der Waals surface area contributed by atoms with Crippen LogP contribution in [-0.2, 0) is 24.4 Å². The number of nitrogens with zero attached hydrogens (tertiary/aromatic N) is 1. The van der Waals surface area contributed by atoms with Gasteiger partial charge in [0.05, 0.1) is 15.9 Å². The molecule has 0 amide bonds. The molecule has 12 heteroatoms. The average Bonchev–Trinajstić information content (AvgIpc) is 2.12. The maximum atomic E-state index is 11.2. The first-order valence-corrected chi connectivity index (χ1v) is 7.96. The van der Waals surface area contributed by atoms with Gasteiger partial charge in [-0.2, -0.15) is 8.42 Å². The first kappa shape index (κ1) is 21.5. The van der Waals surface area contributed by atoms with Crippen LogP contribution in [0.15, 0.2) is 0 Å².